The van der Waals surface area contributed by atoms with Gasteiger partial charge >= 0.3 is 0 Å². The lowest BCUT2D eigenvalue weighted by molar-refractivity contribution is -0.138. The normalized spacial score (nSPS) is 16.7. The van der Waals surface area contributed by atoms with Gasteiger partial charge in [-0.1, -0.05) is 36.0 Å². The minimum absolute atomic E-state index is 0. The van der Waals surface area contributed by atoms with Crippen LogP contribution >= 0.6 is 47.2 Å². The molecule has 1 unspecified atom stereocenters. The molecule has 3 N–H and O–H groups in total. The van der Waals surface area contributed by atoms with Gasteiger partial charge in [-0.15, -0.1) is 24.0 Å². The second-order valence-corrected chi connectivity index (χ2v) is 8.35. The minimum Gasteiger partial charge on any atom is -0.387 e. The Balaban J connectivity index is 0.00000420. The highest BCUT2D eigenvalue weighted by molar-refractivity contribution is 14.0. The van der Waals surface area contributed by atoms with Gasteiger partial charge in [-0.3, -0.25) is 9.79 Å². The summed E-state index contributed by atoms with van der Waals surface area (Å²) in [5.41, 5.74) is 0.209. The van der Waals surface area contributed by atoms with Gasteiger partial charge in [-0.25, -0.2) is 0 Å². The molecule has 2 rings (SSSR count). The van der Waals surface area contributed by atoms with E-state index < -0.39 is 11.5 Å². The van der Waals surface area contributed by atoms with E-state index in [0.717, 1.165) is 25.7 Å². The molecular formula is C20H31Cl2IN4O2. The van der Waals surface area contributed by atoms with Crippen molar-refractivity contribution in [1.29, 1.82) is 0 Å². The van der Waals surface area contributed by atoms with Gasteiger partial charge in [0.2, 0.25) is 5.91 Å². The van der Waals surface area contributed by atoms with Crippen LogP contribution in [-0.2, 0) is 4.79 Å². The van der Waals surface area contributed by atoms with Crippen molar-refractivity contribution in [1.82, 2.24) is 15.5 Å². The largest absolute Gasteiger partial charge is 0.387 e. The molecule has 1 aromatic carbocycles. The average Bonchev–Trinajstić information content (AvgIpc) is 3.12. The van der Waals surface area contributed by atoms with Crippen LogP contribution in [0.2, 0.25) is 10.0 Å². The van der Waals surface area contributed by atoms with Crippen LogP contribution in [0, 0.1) is 5.41 Å². The average molecular weight is 557 g/mol. The Morgan fingerprint density at radius 1 is 1.21 bits per heavy atom. The van der Waals surface area contributed by atoms with Crippen molar-refractivity contribution in [2.45, 2.75) is 38.7 Å². The number of halogens is 3. The van der Waals surface area contributed by atoms with E-state index in [2.05, 4.69) is 15.6 Å². The summed E-state index contributed by atoms with van der Waals surface area (Å²) >= 11 is 12.0. The van der Waals surface area contributed by atoms with Crippen LogP contribution < -0.4 is 10.6 Å². The van der Waals surface area contributed by atoms with E-state index in [0.29, 0.717) is 34.7 Å². The SMILES string of the molecule is CCNC(=NCC1(C(=O)N(C)C)CCCC1)NCC(O)c1cc(Cl)cc(Cl)c1.I. The molecule has 1 amide bonds. The lowest BCUT2D eigenvalue weighted by atomic mass is 9.85. The highest BCUT2D eigenvalue weighted by atomic mass is 127. The van der Waals surface area contributed by atoms with Gasteiger partial charge < -0.3 is 20.6 Å². The molecule has 1 fully saturated rings. The number of amides is 1. The quantitative estimate of drug-likeness (QED) is 0.271. The predicted molar refractivity (Wildman–Crippen MR) is 130 cm³/mol. The number of carbonyl (C=O) groups is 1. The summed E-state index contributed by atoms with van der Waals surface area (Å²) in [4.78, 5) is 19.0. The molecule has 0 aromatic heterocycles. The van der Waals surface area contributed by atoms with Crippen molar-refractivity contribution in [3.63, 3.8) is 0 Å². The van der Waals surface area contributed by atoms with Crippen LogP contribution in [0.5, 0.6) is 0 Å². The number of guanidine groups is 1. The lowest BCUT2D eigenvalue weighted by Crippen LogP contribution is -2.43. The summed E-state index contributed by atoms with van der Waals surface area (Å²) in [7, 11) is 3.59. The zero-order valence-corrected chi connectivity index (χ0v) is 21.0. The topological polar surface area (TPSA) is 77.0 Å². The Hall–Kier alpha value is -0.770. The molecule has 1 aromatic rings. The van der Waals surface area contributed by atoms with Crippen molar-refractivity contribution in [3.05, 3.63) is 33.8 Å². The first-order chi connectivity index (χ1) is 13.3. The molecule has 1 saturated carbocycles. The molecular weight excluding hydrogens is 526 g/mol. The molecule has 0 bridgehead atoms. The number of aliphatic imine (C=N–C) groups is 1. The van der Waals surface area contributed by atoms with E-state index >= 15 is 0 Å². The number of aliphatic hydroxyl groups excluding tert-OH is 1. The number of benzene rings is 1. The highest BCUT2D eigenvalue weighted by Gasteiger charge is 2.42. The molecule has 6 nitrogen and oxygen atoms in total. The molecule has 1 aliphatic rings. The third-order valence-corrected chi connectivity index (χ3v) is 5.47. The van der Waals surface area contributed by atoms with E-state index in [9.17, 15) is 9.90 Å². The first-order valence-corrected chi connectivity index (χ1v) is 10.4. The molecule has 1 aliphatic carbocycles. The van der Waals surface area contributed by atoms with Crippen molar-refractivity contribution in [2.24, 2.45) is 10.4 Å². The van der Waals surface area contributed by atoms with Gasteiger partial charge in [-0.2, -0.15) is 0 Å². The number of hydrogen-bond donors (Lipinski definition) is 3. The number of rotatable bonds is 7. The number of hydrogen-bond acceptors (Lipinski definition) is 3. The fourth-order valence-electron chi connectivity index (χ4n) is 3.62. The van der Waals surface area contributed by atoms with Crippen LogP contribution in [0.3, 0.4) is 0 Å². The number of nitrogens with one attached hydrogen (secondary N) is 2. The van der Waals surface area contributed by atoms with E-state index in [1.54, 1.807) is 37.2 Å². The molecule has 0 spiro atoms. The molecule has 0 aliphatic heterocycles. The molecule has 0 radical (unpaired) electrons. The molecule has 0 heterocycles. The molecule has 1 atom stereocenters. The third kappa shape index (κ3) is 7.45. The molecule has 0 saturated heterocycles. The van der Waals surface area contributed by atoms with Gasteiger partial charge in [0.25, 0.3) is 0 Å². The van der Waals surface area contributed by atoms with Crippen LogP contribution in [0.4, 0.5) is 0 Å². The smallest absolute Gasteiger partial charge is 0.230 e. The summed E-state index contributed by atoms with van der Waals surface area (Å²) < 4.78 is 0. The van der Waals surface area contributed by atoms with Crippen LogP contribution in [0.25, 0.3) is 0 Å². The Bertz CT molecular complexity index is 689. The predicted octanol–water partition coefficient (Wildman–Crippen LogP) is 3.85. The molecule has 29 heavy (non-hydrogen) atoms. The number of nitrogens with zero attached hydrogens (tertiary/aromatic N) is 2. The first kappa shape index (κ1) is 26.3. The zero-order valence-electron chi connectivity index (χ0n) is 17.2. The second kappa shape index (κ2) is 12.2. The summed E-state index contributed by atoms with van der Waals surface area (Å²) in [6.45, 7) is 3.33. The van der Waals surface area contributed by atoms with E-state index in [4.69, 9.17) is 23.2 Å². The zero-order chi connectivity index (χ0) is 20.7. The van der Waals surface area contributed by atoms with Crippen molar-refractivity contribution in [2.75, 3.05) is 33.7 Å². The first-order valence-electron chi connectivity index (χ1n) is 9.65. The van der Waals surface area contributed by atoms with Crippen LogP contribution in [0.1, 0.15) is 44.3 Å². The summed E-state index contributed by atoms with van der Waals surface area (Å²) in [6.07, 6.45) is 3.03. The minimum atomic E-state index is -0.788. The van der Waals surface area contributed by atoms with E-state index in [1.807, 2.05) is 6.92 Å². The summed E-state index contributed by atoms with van der Waals surface area (Å²) in [5, 5.41) is 17.7. The van der Waals surface area contributed by atoms with Gasteiger partial charge in [0.15, 0.2) is 5.96 Å². The van der Waals surface area contributed by atoms with E-state index in [-0.39, 0.29) is 36.4 Å². The fraction of sp³-hybridized carbons (Fsp3) is 0.600. The monoisotopic (exact) mass is 556 g/mol. The van der Waals surface area contributed by atoms with E-state index in [1.165, 1.54) is 0 Å². The van der Waals surface area contributed by atoms with Crippen LogP contribution in [-0.4, -0.2) is 55.6 Å². The number of aliphatic hydroxyl groups is 1. The number of carbonyl (C=O) groups excluding carboxylic acids is 1. The molecule has 9 heteroatoms. The standard InChI is InChI=1S/C20H30Cl2N4O2.HI/c1-4-23-19(24-12-17(27)14-9-15(21)11-16(22)10-14)25-13-20(7-5-6-8-20)18(28)26(2)3;/h9-11,17,27H,4-8,12-13H2,1-3H3,(H2,23,24,25);1H. The Kier molecular flexibility index (Phi) is 11.0. The second-order valence-electron chi connectivity index (χ2n) is 7.48. The van der Waals surface area contributed by atoms with Gasteiger partial charge in [0.05, 0.1) is 18.1 Å². The fourth-order valence-corrected chi connectivity index (χ4v) is 4.16. The van der Waals surface area contributed by atoms with Crippen molar-refractivity contribution >= 4 is 59.0 Å². The third-order valence-electron chi connectivity index (χ3n) is 5.04. The van der Waals surface area contributed by atoms with Gasteiger partial charge in [0, 0.05) is 37.2 Å². The summed E-state index contributed by atoms with van der Waals surface area (Å²) in [6, 6.07) is 5.00. The Morgan fingerprint density at radius 3 is 2.31 bits per heavy atom. The van der Waals surface area contributed by atoms with Gasteiger partial charge in [-0.05, 0) is 43.5 Å². The maximum atomic E-state index is 12.7. The Labute approximate surface area is 200 Å². The highest BCUT2D eigenvalue weighted by Crippen LogP contribution is 2.39. The Morgan fingerprint density at radius 2 is 1.79 bits per heavy atom. The summed E-state index contributed by atoms with van der Waals surface area (Å²) in [5.74, 6) is 0.714. The van der Waals surface area contributed by atoms with Crippen LogP contribution in [0.15, 0.2) is 23.2 Å². The lowest BCUT2D eigenvalue weighted by Gasteiger charge is -2.29. The molecule has 164 valence electrons. The maximum absolute atomic E-state index is 12.7. The van der Waals surface area contributed by atoms with Crippen molar-refractivity contribution in [3.8, 4) is 0 Å². The van der Waals surface area contributed by atoms with Crippen molar-refractivity contribution < 1.29 is 9.90 Å². The maximum Gasteiger partial charge on any atom is 0.230 e. The van der Waals surface area contributed by atoms with Gasteiger partial charge in [0.1, 0.15) is 0 Å².